The summed E-state index contributed by atoms with van der Waals surface area (Å²) in [6, 6.07) is 10.3. The van der Waals surface area contributed by atoms with Crippen LogP contribution in [0.3, 0.4) is 0 Å². The van der Waals surface area contributed by atoms with Gasteiger partial charge in [-0.2, -0.15) is 5.26 Å². The van der Waals surface area contributed by atoms with Crippen LogP contribution in [0.25, 0.3) is 22.1 Å². The summed E-state index contributed by atoms with van der Waals surface area (Å²) in [6.07, 6.45) is 0. The first kappa shape index (κ1) is 16.9. The number of fused-ring (bicyclic) bond motifs is 1. The maximum atomic E-state index is 12.2. The molecule has 7 heteroatoms. The Morgan fingerprint density at radius 3 is 2.60 bits per heavy atom. The van der Waals surface area contributed by atoms with Crippen LogP contribution in [0.5, 0.6) is 11.5 Å². The number of methoxy groups -OCH3 is 2. The van der Waals surface area contributed by atoms with Gasteiger partial charge in [-0.1, -0.05) is 0 Å². The number of hydrogen-bond donors (Lipinski definition) is 1. The van der Waals surface area contributed by atoms with Crippen molar-refractivity contribution in [2.45, 2.75) is 0 Å². The second kappa shape index (κ2) is 6.49. The van der Waals surface area contributed by atoms with E-state index in [0.29, 0.717) is 43.8 Å². The van der Waals surface area contributed by atoms with E-state index in [0.717, 1.165) is 0 Å². The molecule has 2 N–H and O–H groups in total. The number of ether oxygens (including phenoxy) is 2. The number of nitrogens with zero attached hydrogens (tertiary/aromatic N) is 1. The Morgan fingerprint density at radius 2 is 1.96 bits per heavy atom. The summed E-state index contributed by atoms with van der Waals surface area (Å²) >= 11 is 3.43. The van der Waals surface area contributed by atoms with Gasteiger partial charge in [0.15, 0.2) is 11.5 Å². The molecular formula is C18H13BrN2O4. The number of nitriles is 1. The smallest absolute Gasteiger partial charge is 0.354 e. The molecule has 0 saturated heterocycles. The van der Waals surface area contributed by atoms with Gasteiger partial charge in [0, 0.05) is 22.7 Å². The lowest BCUT2D eigenvalue weighted by atomic mass is 9.97. The van der Waals surface area contributed by atoms with Crippen molar-refractivity contribution >= 4 is 32.6 Å². The van der Waals surface area contributed by atoms with Crippen molar-refractivity contribution in [2.75, 3.05) is 20.0 Å². The molecule has 0 bridgehead atoms. The summed E-state index contributed by atoms with van der Waals surface area (Å²) in [5.74, 6) is 0.980. The number of halogens is 1. The first-order valence-corrected chi connectivity index (χ1v) is 7.97. The van der Waals surface area contributed by atoms with E-state index in [4.69, 9.17) is 19.6 Å². The summed E-state index contributed by atoms with van der Waals surface area (Å²) in [4.78, 5) is 12.2. The highest BCUT2D eigenvalue weighted by molar-refractivity contribution is 9.10. The fraction of sp³-hybridized carbons (Fsp3) is 0.111. The third-order valence-electron chi connectivity index (χ3n) is 3.77. The van der Waals surface area contributed by atoms with E-state index >= 15 is 0 Å². The molecule has 0 aliphatic rings. The molecule has 0 fully saturated rings. The molecule has 3 rings (SSSR count). The van der Waals surface area contributed by atoms with Crippen molar-refractivity contribution in [3.63, 3.8) is 0 Å². The largest absolute Gasteiger partial charge is 0.493 e. The zero-order chi connectivity index (χ0) is 18.1. The van der Waals surface area contributed by atoms with E-state index in [9.17, 15) is 10.1 Å². The Kier molecular flexibility index (Phi) is 4.38. The first-order valence-electron chi connectivity index (χ1n) is 7.18. The lowest BCUT2D eigenvalue weighted by Gasteiger charge is -2.14. The van der Waals surface area contributed by atoms with Gasteiger partial charge in [0.25, 0.3) is 0 Å². The van der Waals surface area contributed by atoms with E-state index in [2.05, 4.69) is 15.9 Å². The molecule has 0 atom stereocenters. The molecule has 3 aromatic rings. The number of nitrogens with two attached hydrogens (primary N) is 1. The molecule has 0 spiro atoms. The highest BCUT2D eigenvalue weighted by atomic mass is 79.9. The topological polar surface area (TPSA) is 98.5 Å². The molecule has 6 nitrogen and oxygen atoms in total. The first-order chi connectivity index (χ1) is 12.0. The maximum absolute atomic E-state index is 12.2. The summed E-state index contributed by atoms with van der Waals surface area (Å²) in [7, 11) is 3.04. The molecule has 126 valence electrons. The monoisotopic (exact) mass is 400 g/mol. The van der Waals surface area contributed by atoms with E-state index < -0.39 is 5.63 Å². The average molecular weight is 401 g/mol. The molecule has 25 heavy (non-hydrogen) atoms. The third kappa shape index (κ3) is 2.81. The van der Waals surface area contributed by atoms with Crippen LogP contribution >= 0.6 is 15.9 Å². The zero-order valence-corrected chi connectivity index (χ0v) is 15.0. The standard InChI is InChI=1S/C18H13BrN2O4/c1-23-15-6-9(5-13(19)17(15)24-2)16-11-4-3-10(21)7-14(11)25-18(22)12(16)8-20/h3-7H,21H2,1-2H3. The lowest BCUT2D eigenvalue weighted by Crippen LogP contribution is -2.07. The van der Waals surface area contributed by atoms with Crippen LogP contribution < -0.4 is 20.8 Å². The van der Waals surface area contributed by atoms with Gasteiger partial charge < -0.3 is 19.6 Å². The minimum absolute atomic E-state index is 0.0867. The molecule has 1 aromatic heterocycles. The number of hydrogen-bond acceptors (Lipinski definition) is 6. The van der Waals surface area contributed by atoms with Crippen LogP contribution in [-0.4, -0.2) is 14.2 Å². The van der Waals surface area contributed by atoms with Crippen LogP contribution in [-0.2, 0) is 0 Å². The summed E-state index contributed by atoms with van der Waals surface area (Å²) < 4.78 is 16.5. The Labute approximate surface area is 151 Å². The van der Waals surface area contributed by atoms with Crippen LogP contribution in [0.2, 0.25) is 0 Å². The van der Waals surface area contributed by atoms with Crippen molar-refractivity contribution in [1.29, 1.82) is 5.26 Å². The van der Waals surface area contributed by atoms with Gasteiger partial charge in [-0.25, -0.2) is 4.79 Å². The highest BCUT2D eigenvalue weighted by Crippen LogP contribution is 2.41. The minimum Gasteiger partial charge on any atom is -0.493 e. The van der Waals surface area contributed by atoms with Crippen LogP contribution in [0.15, 0.2) is 44.0 Å². The summed E-state index contributed by atoms with van der Waals surface area (Å²) in [5, 5.41) is 10.1. The van der Waals surface area contributed by atoms with Gasteiger partial charge in [0.05, 0.1) is 18.7 Å². The third-order valence-corrected chi connectivity index (χ3v) is 4.35. The molecule has 0 unspecified atom stereocenters. The van der Waals surface area contributed by atoms with E-state index in [-0.39, 0.29) is 5.56 Å². The normalized spacial score (nSPS) is 10.5. The SMILES string of the molecule is COc1cc(-c2c(C#N)c(=O)oc3cc(N)ccc23)cc(Br)c1OC. The van der Waals surface area contributed by atoms with Crippen molar-refractivity contribution in [1.82, 2.24) is 0 Å². The number of nitrogen functional groups attached to an aromatic ring is 1. The van der Waals surface area contributed by atoms with Gasteiger partial charge in [0.2, 0.25) is 0 Å². The lowest BCUT2D eigenvalue weighted by molar-refractivity contribution is 0.353. The summed E-state index contributed by atoms with van der Waals surface area (Å²) in [5.41, 5.74) is 6.80. The molecule has 0 radical (unpaired) electrons. The maximum Gasteiger partial charge on any atom is 0.354 e. The van der Waals surface area contributed by atoms with Crippen molar-refractivity contribution < 1.29 is 13.9 Å². The van der Waals surface area contributed by atoms with Crippen LogP contribution in [0.4, 0.5) is 5.69 Å². The quantitative estimate of drug-likeness (QED) is 0.531. The van der Waals surface area contributed by atoms with Gasteiger partial charge >= 0.3 is 5.63 Å². The zero-order valence-electron chi connectivity index (χ0n) is 13.4. The molecule has 0 saturated carbocycles. The van der Waals surface area contributed by atoms with Crippen LogP contribution in [0.1, 0.15) is 5.56 Å². The Balaban J connectivity index is 2.45. The Hall–Kier alpha value is -2.98. The van der Waals surface area contributed by atoms with Gasteiger partial charge in [-0.3, -0.25) is 0 Å². The molecular weight excluding hydrogens is 388 g/mol. The Bertz CT molecular complexity index is 1080. The van der Waals surface area contributed by atoms with Crippen molar-refractivity contribution in [2.24, 2.45) is 0 Å². The molecule has 2 aromatic carbocycles. The molecule has 0 aliphatic carbocycles. The van der Waals surface area contributed by atoms with Crippen molar-refractivity contribution in [3.8, 4) is 28.7 Å². The second-order valence-corrected chi connectivity index (χ2v) is 6.05. The van der Waals surface area contributed by atoms with Gasteiger partial charge in [-0.05, 0) is 45.8 Å². The van der Waals surface area contributed by atoms with Gasteiger partial charge in [0.1, 0.15) is 17.2 Å². The summed E-state index contributed by atoms with van der Waals surface area (Å²) in [6.45, 7) is 0. The van der Waals surface area contributed by atoms with Gasteiger partial charge in [-0.15, -0.1) is 0 Å². The van der Waals surface area contributed by atoms with E-state index in [1.54, 1.807) is 30.3 Å². The van der Waals surface area contributed by atoms with Crippen molar-refractivity contribution in [3.05, 3.63) is 50.8 Å². The van der Waals surface area contributed by atoms with Crippen LogP contribution in [0, 0.1) is 11.3 Å². The molecule has 1 heterocycles. The number of benzene rings is 2. The predicted octanol–water partition coefficient (Wildman–Crippen LogP) is 3.69. The Morgan fingerprint density at radius 1 is 1.20 bits per heavy atom. The fourth-order valence-electron chi connectivity index (χ4n) is 2.68. The number of rotatable bonds is 3. The molecule has 0 amide bonds. The van der Waals surface area contributed by atoms with E-state index in [1.807, 2.05) is 6.07 Å². The minimum atomic E-state index is -0.721. The molecule has 0 aliphatic heterocycles. The van der Waals surface area contributed by atoms with E-state index in [1.165, 1.54) is 14.2 Å². The second-order valence-electron chi connectivity index (χ2n) is 5.20. The highest BCUT2D eigenvalue weighted by Gasteiger charge is 2.19. The predicted molar refractivity (Wildman–Crippen MR) is 97.9 cm³/mol. The number of anilines is 1. The average Bonchev–Trinajstić information content (AvgIpc) is 2.59. The fourth-order valence-corrected chi connectivity index (χ4v) is 3.29.